The predicted octanol–water partition coefficient (Wildman–Crippen LogP) is 3.26. The largest absolute Gasteiger partial charge is 0.395 e. The normalized spacial score (nSPS) is 10.3. The summed E-state index contributed by atoms with van der Waals surface area (Å²) in [4.78, 5) is 23.8. The summed E-state index contributed by atoms with van der Waals surface area (Å²) < 4.78 is 0. The predicted molar refractivity (Wildman–Crippen MR) is 85.3 cm³/mol. The van der Waals surface area contributed by atoms with Crippen molar-refractivity contribution in [1.82, 2.24) is 4.90 Å². The number of aliphatic hydroxyl groups is 1. The van der Waals surface area contributed by atoms with Crippen molar-refractivity contribution in [3.8, 4) is 0 Å². The summed E-state index contributed by atoms with van der Waals surface area (Å²) in [6.07, 6.45) is 2.87. The smallest absolute Gasteiger partial charge is 0.321 e. The van der Waals surface area contributed by atoms with Crippen molar-refractivity contribution < 1.29 is 14.8 Å². The number of aliphatic hydroxyl groups excluding tert-OH is 1. The molecule has 122 valence electrons. The number of nitrogens with one attached hydrogen (secondary N) is 1. The topological polar surface area (TPSA) is 95.7 Å². The maximum absolute atomic E-state index is 12.2. The lowest BCUT2D eigenvalue weighted by Crippen LogP contribution is -2.37. The molecule has 2 amide bonds. The van der Waals surface area contributed by atoms with Gasteiger partial charge in [0.25, 0.3) is 5.69 Å². The van der Waals surface area contributed by atoms with Crippen molar-refractivity contribution in [3.05, 3.63) is 33.3 Å². The molecule has 0 spiro atoms. The molecule has 0 heterocycles. The number of amides is 2. The monoisotopic (exact) mass is 329 g/mol. The van der Waals surface area contributed by atoms with E-state index in [0.29, 0.717) is 12.2 Å². The van der Waals surface area contributed by atoms with Crippen molar-refractivity contribution in [2.24, 2.45) is 0 Å². The highest BCUT2D eigenvalue weighted by molar-refractivity contribution is 6.33. The number of rotatable bonds is 8. The summed E-state index contributed by atoms with van der Waals surface area (Å²) in [5.41, 5.74) is 0.161. The Kier molecular flexibility index (Phi) is 7.62. The molecule has 0 aromatic heterocycles. The molecule has 0 bridgehead atoms. The molecule has 0 saturated heterocycles. The van der Waals surface area contributed by atoms with Crippen LogP contribution in [0, 0.1) is 10.1 Å². The molecule has 8 heteroatoms. The number of nitrogens with zero attached hydrogens (tertiary/aromatic N) is 2. The Bertz CT molecular complexity index is 525. The van der Waals surface area contributed by atoms with E-state index in [2.05, 4.69) is 12.2 Å². The van der Waals surface area contributed by atoms with Crippen molar-refractivity contribution >= 4 is 29.0 Å². The molecule has 7 nitrogen and oxygen atoms in total. The van der Waals surface area contributed by atoms with Crippen molar-refractivity contribution in [2.75, 3.05) is 25.0 Å². The third-order valence-electron chi connectivity index (χ3n) is 3.09. The number of carbonyl (C=O) groups is 1. The van der Waals surface area contributed by atoms with Gasteiger partial charge in [-0.1, -0.05) is 31.4 Å². The quantitative estimate of drug-likeness (QED) is 0.434. The Morgan fingerprint density at radius 3 is 2.68 bits per heavy atom. The molecule has 0 atom stereocenters. The lowest BCUT2D eigenvalue weighted by atomic mass is 10.2. The minimum atomic E-state index is -0.555. The third kappa shape index (κ3) is 5.50. The first-order valence-electron chi connectivity index (χ1n) is 7.10. The molecule has 0 saturated carbocycles. The molecule has 0 fully saturated rings. The first-order valence-corrected chi connectivity index (χ1v) is 7.48. The summed E-state index contributed by atoms with van der Waals surface area (Å²) in [6, 6.07) is 3.46. The molecule has 1 rings (SSSR count). The van der Waals surface area contributed by atoms with Crippen molar-refractivity contribution in [3.63, 3.8) is 0 Å². The Morgan fingerprint density at radius 1 is 1.41 bits per heavy atom. The number of carbonyl (C=O) groups excluding carboxylic acids is 1. The van der Waals surface area contributed by atoms with Gasteiger partial charge in [-0.05, 0) is 12.5 Å². The first kappa shape index (κ1) is 18.2. The molecule has 0 radical (unpaired) electrons. The number of hydrogen-bond donors (Lipinski definition) is 2. The maximum atomic E-state index is 12.2. The Morgan fingerprint density at radius 2 is 2.14 bits per heavy atom. The molecule has 1 aromatic rings. The van der Waals surface area contributed by atoms with Crippen molar-refractivity contribution in [2.45, 2.75) is 26.2 Å². The number of anilines is 1. The van der Waals surface area contributed by atoms with Crippen LogP contribution in [0.25, 0.3) is 0 Å². The van der Waals surface area contributed by atoms with E-state index >= 15 is 0 Å². The van der Waals surface area contributed by atoms with Crippen LogP contribution in [0.2, 0.25) is 5.02 Å². The molecule has 1 aromatic carbocycles. The van der Waals surface area contributed by atoms with Gasteiger partial charge in [-0.3, -0.25) is 10.1 Å². The molecular formula is C14H20ClN3O4. The van der Waals surface area contributed by atoms with Gasteiger partial charge in [0.05, 0.1) is 22.2 Å². The molecule has 0 aliphatic rings. The molecule has 0 unspecified atom stereocenters. The van der Waals surface area contributed by atoms with Crippen LogP contribution in [0.5, 0.6) is 0 Å². The maximum Gasteiger partial charge on any atom is 0.321 e. The van der Waals surface area contributed by atoms with E-state index < -0.39 is 4.92 Å². The average molecular weight is 330 g/mol. The zero-order chi connectivity index (χ0) is 16.5. The van der Waals surface area contributed by atoms with Crippen LogP contribution >= 0.6 is 11.6 Å². The summed E-state index contributed by atoms with van der Waals surface area (Å²) in [7, 11) is 0. The minimum absolute atomic E-state index is 0.0973. The summed E-state index contributed by atoms with van der Waals surface area (Å²) >= 11 is 5.94. The first-order chi connectivity index (χ1) is 10.5. The Hall–Kier alpha value is -1.86. The lowest BCUT2D eigenvalue weighted by Gasteiger charge is -2.22. The highest BCUT2D eigenvalue weighted by Crippen LogP contribution is 2.26. The fourth-order valence-electron chi connectivity index (χ4n) is 1.90. The van der Waals surface area contributed by atoms with Gasteiger partial charge in [-0.15, -0.1) is 0 Å². The lowest BCUT2D eigenvalue weighted by molar-refractivity contribution is -0.384. The van der Waals surface area contributed by atoms with Crippen LogP contribution in [0.3, 0.4) is 0 Å². The van der Waals surface area contributed by atoms with E-state index in [4.69, 9.17) is 16.7 Å². The number of urea groups is 1. The van der Waals surface area contributed by atoms with Gasteiger partial charge in [0.15, 0.2) is 0 Å². The average Bonchev–Trinajstić information content (AvgIpc) is 2.48. The highest BCUT2D eigenvalue weighted by atomic mass is 35.5. The van der Waals surface area contributed by atoms with Crippen LogP contribution in [0.15, 0.2) is 18.2 Å². The zero-order valence-corrected chi connectivity index (χ0v) is 13.2. The van der Waals surface area contributed by atoms with Crippen molar-refractivity contribution in [1.29, 1.82) is 0 Å². The highest BCUT2D eigenvalue weighted by Gasteiger charge is 2.16. The molecule has 0 aliphatic heterocycles. The molecule has 22 heavy (non-hydrogen) atoms. The zero-order valence-electron chi connectivity index (χ0n) is 12.4. The van der Waals surface area contributed by atoms with E-state index in [1.165, 1.54) is 23.1 Å². The molecular weight excluding hydrogens is 310 g/mol. The van der Waals surface area contributed by atoms with Crippen LogP contribution in [0.1, 0.15) is 26.2 Å². The molecule has 0 aliphatic carbocycles. The summed E-state index contributed by atoms with van der Waals surface area (Å²) in [5, 5.41) is 22.4. The van der Waals surface area contributed by atoms with Crippen LogP contribution in [-0.4, -0.2) is 40.7 Å². The second-order valence-corrected chi connectivity index (χ2v) is 5.18. The van der Waals surface area contributed by atoms with Gasteiger partial charge in [-0.2, -0.15) is 0 Å². The Labute approximate surface area is 134 Å². The number of non-ortho nitro benzene ring substituents is 1. The third-order valence-corrected chi connectivity index (χ3v) is 3.41. The van der Waals surface area contributed by atoms with Gasteiger partial charge in [0, 0.05) is 25.2 Å². The number of nitro benzene ring substituents is 1. The Balaban J connectivity index is 2.73. The van der Waals surface area contributed by atoms with Gasteiger partial charge >= 0.3 is 6.03 Å². The minimum Gasteiger partial charge on any atom is -0.395 e. The van der Waals surface area contributed by atoms with Gasteiger partial charge in [0.1, 0.15) is 0 Å². The number of benzene rings is 1. The van der Waals surface area contributed by atoms with E-state index in [0.717, 1.165) is 19.3 Å². The summed E-state index contributed by atoms with van der Waals surface area (Å²) in [5.74, 6) is 0. The number of unbranched alkanes of at least 4 members (excludes halogenated alkanes) is 2. The fourth-order valence-corrected chi connectivity index (χ4v) is 2.12. The van der Waals surface area contributed by atoms with E-state index in [9.17, 15) is 14.9 Å². The van der Waals surface area contributed by atoms with E-state index in [-0.39, 0.29) is 29.9 Å². The number of halogens is 1. The number of hydrogen-bond acceptors (Lipinski definition) is 4. The second kappa shape index (κ2) is 9.22. The van der Waals surface area contributed by atoms with E-state index in [1.54, 1.807) is 0 Å². The summed E-state index contributed by atoms with van der Waals surface area (Å²) in [6.45, 7) is 2.69. The number of nitro groups is 1. The van der Waals surface area contributed by atoms with E-state index in [1.807, 2.05) is 0 Å². The second-order valence-electron chi connectivity index (χ2n) is 4.77. The van der Waals surface area contributed by atoms with Gasteiger partial charge in [0.2, 0.25) is 0 Å². The van der Waals surface area contributed by atoms with Gasteiger partial charge < -0.3 is 15.3 Å². The standard InChI is InChI=1S/C14H20ClN3O4/c1-2-3-4-7-17(8-9-19)14(20)16-13-6-5-11(18(21)22)10-12(13)15/h5-6,10,19H,2-4,7-9H2,1H3,(H,16,20). The van der Waals surface area contributed by atoms with Crippen LogP contribution < -0.4 is 5.32 Å². The SMILES string of the molecule is CCCCCN(CCO)C(=O)Nc1ccc([N+](=O)[O-])cc1Cl. The fraction of sp³-hybridized carbons (Fsp3) is 0.500. The van der Waals surface area contributed by atoms with Crippen LogP contribution in [-0.2, 0) is 0 Å². The molecule has 2 N–H and O–H groups in total. The van der Waals surface area contributed by atoms with Gasteiger partial charge in [-0.25, -0.2) is 4.79 Å². The van der Waals surface area contributed by atoms with Crippen LogP contribution in [0.4, 0.5) is 16.2 Å².